The van der Waals surface area contributed by atoms with Gasteiger partial charge in [0.15, 0.2) is 0 Å². The zero-order chi connectivity index (χ0) is 12.1. The monoisotopic (exact) mass is 226 g/mol. The molecule has 1 rings (SSSR count). The predicted octanol–water partition coefficient (Wildman–Crippen LogP) is 2.87. The highest BCUT2D eigenvalue weighted by molar-refractivity contribution is 4.88. The van der Waals surface area contributed by atoms with Crippen molar-refractivity contribution in [1.29, 1.82) is 0 Å². The summed E-state index contributed by atoms with van der Waals surface area (Å²) >= 11 is 0. The summed E-state index contributed by atoms with van der Waals surface area (Å²) in [6.07, 6.45) is 5.10. The second-order valence-corrected chi connectivity index (χ2v) is 5.75. The summed E-state index contributed by atoms with van der Waals surface area (Å²) in [4.78, 5) is 2.62. The van der Waals surface area contributed by atoms with Gasteiger partial charge >= 0.3 is 0 Å². The second-order valence-electron chi connectivity index (χ2n) is 5.75. The van der Waals surface area contributed by atoms with Crippen LogP contribution >= 0.6 is 0 Å². The zero-order valence-electron chi connectivity index (χ0n) is 11.6. The Bertz CT molecular complexity index is 193. The molecule has 1 aliphatic rings. The van der Waals surface area contributed by atoms with Crippen molar-refractivity contribution in [3.8, 4) is 0 Å². The summed E-state index contributed by atoms with van der Waals surface area (Å²) in [5.41, 5.74) is 6.29. The van der Waals surface area contributed by atoms with Gasteiger partial charge in [-0.3, -0.25) is 4.90 Å². The van der Waals surface area contributed by atoms with Crippen molar-refractivity contribution in [2.75, 3.05) is 13.1 Å². The molecule has 2 heteroatoms. The standard InChI is InChI=1S/C14H30N2/c1-5-11(3)10-16(6-2)14-9-12(4)7-8-13(14)15/h11-14H,5-10,15H2,1-4H3. The van der Waals surface area contributed by atoms with Crippen LogP contribution in [0.2, 0.25) is 0 Å². The first-order valence-corrected chi connectivity index (χ1v) is 7.08. The molecule has 1 fully saturated rings. The Hall–Kier alpha value is -0.0800. The van der Waals surface area contributed by atoms with Gasteiger partial charge in [0.25, 0.3) is 0 Å². The molecule has 0 aromatic carbocycles. The summed E-state index contributed by atoms with van der Waals surface area (Å²) in [6.45, 7) is 11.6. The number of hydrogen-bond acceptors (Lipinski definition) is 2. The van der Waals surface area contributed by atoms with Crippen LogP contribution in [0.3, 0.4) is 0 Å². The lowest BCUT2D eigenvalue weighted by atomic mass is 9.82. The largest absolute Gasteiger partial charge is 0.326 e. The van der Waals surface area contributed by atoms with Crippen LogP contribution in [0, 0.1) is 11.8 Å². The fourth-order valence-electron chi connectivity index (χ4n) is 2.82. The molecule has 0 radical (unpaired) electrons. The molecule has 0 aliphatic heterocycles. The summed E-state index contributed by atoms with van der Waals surface area (Å²) in [7, 11) is 0. The molecule has 2 N–H and O–H groups in total. The van der Waals surface area contributed by atoms with Crippen molar-refractivity contribution in [2.45, 2.75) is 65.5 Å². The van der Waals surface area contributed by atoms with E-state index in [4.69, 9.17) is 5.73 Å². The van der Waals surface area contributed by atoms with Gasteiger partial charge in [-0.25, -0.2) is 0 Å². The minimum Gasteiger partial charge on any atom is -0.326 e. The van der Waals surface area contributed by atoms with E-state index in [9.17, 15) is 0 Å². The van der Waals surface area contributed by atoms with Crippen LogP contribution in [0.5, 0.6) is 0 Å². The third-order valence-corrected chi connectivity index (χ3v) is 4.25. The Balaban J connectivity index is 2.55. The summed E-state index contributed by atoms with van der Waals surface area (Å²) < 4.78 is 0. The molecule has 0 amide bonds. The van der Waals surface area contributed by atoms with Gasteiger partial charge in [0.2, 0.25) is 0 Å². The quantitative estimate of drug-likeness (QED) is 0.781. The minimum absolute atomic E-state index is 0.403. The fraction of sp³-hybridized carbons (Fsp3) is 1.00. The summed E-state index contributed by atoms with van der Waals surface area (Å²) in [5, 5.41) is 0. The lowest BCUT2D eigenvalue weighted by Gasteiger charge is -2.41. The normalized spacial score (nSPS) is 33.0. The Labute approximate surface area is 102 Å². The van der Waals surface area contributed by atoms with E-state index in [0.717, 1.165) is 18.4 Å². The zero-order valence-corrected chi connectivity index (χ0v) is 11.6. The van der Waals surface area contributed by atoms with Gasteiger partial charge in [-0.1, -0.05) is 34.1 Å². The Morgan fingerprint density at radius 2 is 2.00 bits per heavy atom. The van der Waals surface area contributed by atoms with E-state index in [-0.39, 0.29) is 0 Å². The molecule has 2 nitrogen and oxygen atoms in total. The number of hydrogen-bond donors (Lipinski definition) is 1. The van der Waals surface area contributed by atoms with Crippen LogP contribution in [0.1, 0.15) is 53.4 Å². The maximum Gasteiger partial charge on any atom is 0.0249 e. The van der Waals surface area contributed by atoms with E-state index in [0.29, 0.717) is 12.1 Å². The van der Waals surface area contributed by atoms with E-state index in [1.54, 1.807) is 0 Å². The van der Waals surface area contributed by atoms with Gasteiger partial charge < -0.3 is 5.73 Å². The first-order chi connectivity index (χ1) is 7.58. The molecule has 1 saturated carbocycles. The van der Waals surface area contributed by atoms with Gasteiger partial charge in [0.05, 0.1) is 0 Å². The van der Waals surface area contributed by atoms with Crippen LogP contribution < -0.4 is 5.73 Å². The molecule has 16 heavy (non-hydrogen) atoms. The first kappa shape index (κ1) is 14.0. The van der Waals surface area contributed by atoms with Crippen molar-refractivity contribution >= 4 is 0 Å². The SMILES string of the molecule is CCC(C)CN(CC)C1CC(C)CCC1N. The molecule has 0 spiro atoms. The van der Waals surface area contributed by atoms with Gasteiger partial charge in [0.1, 0.15) is 0 Å². The van der Waals surface area contributed by atoms with Gasteiger partial charge in [-0.15, -0.1) is 0 Å². The molecule has 0 aromatic rings. The molecular weight excluding hydrogens is 196 g/mol. The summed E-state index contributed by atoms with van der Waals surface area (Å²) in [5.74, 6) is 1.65. The van der Waals surface area contributed by atoms with Crippen molar-refractivity contribution < 1.29 is 0 Å². The van der Waals surface area contributed by atoms with E-state index >= 15 is 0 Å². The Morgan fingerprint density at radius 3 is 2.56 bits per heavy atom. The molecule has 1 aliphatic carbocycles. The lowest BCUT2D eigenvalue weighted by Crippen LogP contribution is -2.52. The highest BCUT2D eigenvalue weighted by Crippen LogP contribution is 2.27. The number of nitrogens with zero attached hydrogens (tertiary/aromatic N) is 1. The molecule has 0 heterocycles. The molecule has 96 valence electrons. The summed E-state index contributed by atoms with van der Waals surface area (Å²) in [6, 6.07) is 1.03. The first-order valence-electron chi connectivity index (χ1n) is 7.08. The molecule has 4 atom stereocenters. The van der Waals surface area contributed by atoms with Crippen molar-refractivity contribution in [2.24, 2.45) is 17.6 Å². The number of nitrogens with two attached hydrogens (primary N) is 1. The Morgan fingerprint density at radius 1 is 1.31 bits per heavy atom. The topological polar surface area (TPSA) is 29.3 Å². The third kappa shape index (κ3) is 3.74. The minimum atomic E-state index is 0.403. The van der Waals surface area contributed by atoms with Crippen molar-refractivity contribution in [1.82, 2.24) is 4.90 Å². The highest BCUT2D eigenvalue weighted by atomic mass is 15.2. The predicted molar refractivity (Wildman–Crippen MR) is 71.5 cm³/mol. The van der Waals surface area contributed by atoms with Crippen LogP contribution in [0.15, 0.2) is 0 Å². The Kier molecular flexibility index (Phi) is 5.77. The van der Waals surface area contributed by atoms with Gasteiger partial charge in [-0.2, -0.15) is 0 Å². The third-order valence-electron chi connectivity index (χ3n) is 4.25. The van der Waals surface area contributed by atoms with Crippen LogP contribution in [0.25, 0.3) is 0 Å². The second kappa shape index (κ2) is 6.61. The molecule has 0 bridgehead atoms. The number of likely N-dealkylation sites (N-methyl/N-ethyl adjacent to an activating group) is 1. The van der Waals surface area contributed by atoms with Gasteiger partial charge in [0, 0.05) is 18.6 Å². The fourth-order valence-corrected chi connectivity index (χ4v) is 2.82. The lowest BCUT2D eigenvalue weighted by molar-refractivity contribution is 0.106. The maximum atomic E-state index is 6.29. The molecule has 0 saturated heterocycles. The van der Waals surface area contributed by atoms with E-state index in [1.807, 2.05) is 0 Å². The molecule has 4 unspecified atom stereocenters. The van der Waals surface area contributed by atoms with E-state index in [1.165, 1.54) is 32.2 Å². The average molecular weight is 226 g/mol. The highest BCUT2D eigenvalue weighted by Gasteiger charge is 2.30. The van der Waals surface area contributed by atoms with Gasteiger partial charge in [-0.05, 0) is 37.6 Å². The molecule has 0 aromatic heterocycles. The van der Waals surface area contributed by atoms with Crippen molar-refractivity contribution in [3.63, 3.8) is 0 Å². The average Bonchev–Trinajstić information content (AvgIpc) is 2.29. The van der Waals surface area contributed by atoms with E-state index < -0.39 is 0 Å². The number of rotatable bonds is 5. The van der Waals surface area contributed by atoms with Crippen LogP contribution in [-0.4, -0.2) is 30.1 Å². The van der Waals surface area contributed by atoms with E-state index in [2.05, 4.69) is 32.6 Å². The van der Waals surface area contributed by atoms with Crippen molar-refractivity contribution in [3.05, 3.63) is 0 Å². The maximum absolute atomic E-state index is 6.29. The van der Waals surface area contributed by atoms with Crippen LogP contribution in [-0.2, 0) is 0 Å². The smallest absolute Gasteiger partial charge is 0.0249 e. The molecular formula is C14H30N2. The van der Waals surface area contributed by atoms with Crippen LogP contribution in [0.4, 0.5) is 0 Å².